The van der Waals surface area contributed by atoms with Gasteiger partial charge in [-0.15, -0.1) is 13.2 Å². The minimum atomic E-state index is -4.65. The second-order valence-electron chi connectivity index (χ2n) is 2.72. The molecule has 0 saturated heterocycles. The van der Waals surface area contributed by atoms with E-state index in [1.807, 2.05) is 0 Å². The van der Waals surface area contributed by atoms with Gasteiger partial charge in [0, 0.05) is 11.8 Å². The summed E-state index contributed by atoms with van der Waals surface area (Å²) in [5.41, 5.74) is 0.896. The fourth-order valence-corrected chi connectivity index (χ4v) is 1.56. The number of aryl methyl sites for hydroxylation is 2. The van der Waals surface area contributed by atoms with Gasteiger partial charge in [0.1, 0.15) is 5.75 Å². The van der Waals surface area contributed by atoms with Gasteiger partial charge in [-0.25, -0.2) is 0 Å². The van der Waals surface area contributed by atoms with E-state index in [0.717, 1.165) is 0 Å². The number of nitrogens with zero attached hydrogens (tertiary/aromatic N) is 1. The third-order valence-electron chi connectivity index (χ3n) is 1.54. The summed E-state index contributed by atoms with van der Waals surface area (Å²) in [5, 5.41) is 0. The van der Waals surface area contributed by atoms with Gasteiger partial charge in [-0.2, -0.15) is 0 Å². The van der Waals surface area contributed by atoms with Gasteiger partial charge in [0.15, 0.2) is 0 Å². The maximum absolute atomic E-state index is 12.0. The number of halogens is 4. The van der Waals surface area contributed by atoms with Crippen LogP contribution >= 0.6 is 22.6 Å². The topological polar surface area (TPSA) is 22.1 Å². The smallest absolute Gasteiger partial charge is 0.404 e. The lowest BCUT2D eigenvalue weighted by molar-refractivity contribution is -0.275. The minimum Gasteiger partial charge on any atom is -0.404 e. The molecule has 0 aliphatic rings. The molecule has 0 unspecified atom stereocenters. The first kappa shape index (κ1) is 11.5. The van der Waals surface area contributed by atoms with Crippen LogP contribution in [-0.4, -0.2) is 11.3 Å². The van der Waals surface area contributed by atoms with Crippen LogP contribution < -0.4 is 4.74 Å². The monoisotopic (exact) mass is 317 g/mol. The SMILES string of the molecule is Cc1cnc(C)c(I)c1OC(F)(F)F. The number of ether oxygens (including phenoxy) is 1. The zero-order valence-corrected chi connectivity index (χ0v) is 9.60. The minimum absolute atomic E-state index is 0.161. The average Bonchev–Trinajstić information content (AvgIpc) is 2.04. The summed E-state index contributed by atoms with van der Waals surface area (Å²) in [5.74, 6) is -0.161. The van der Waals surface area contributed by atoms with E-state index in [0.29, 0.717) is 14.8 Å². The van der Waals surface area contributed by atoms with Crippen molar-refractivity contribution in [2.24, 2.45) is 0 Å². The van der Waals surface area contributed by atoms with Crippen LogP contribution in [-0.2, 0) is 0 Å². The van der Waals surface area contributed by atoms with Crippen molar-refractivity contribution in [3.8, 4) is 5.75 Å². The lowest BCUT2D eigenvalue weighted by atomic mass is 10.2. The highest BCUT2D eigenvalue weighted by atomic mass is 127. The Labute approximate surface area is 92.6 Å². The van der Waals surface area contributed by atoms with E-state index in [1.165, 1.54) is 13.1 Å². The Morgan fingerprint density at radius 2 is 1.93 bits per heavy atom. The van der Waals surface area contributed by atoms with Gasteiger partial charge in [-0.05, 0) is 36.4 Å². The van der Waals surface area contributed by atoms with Gasteiger partial charge in [0.25, 0.3) is 0 Å². The maximum atomic E-state index is 12.0. The largest absolute Gasteiger partial charge is 0.573 e. The standard InChI is InChI=1S/C8H7F3INO/c1-4-3-13-5(2)6(12)7(4)14-8(9,10)11/h3H,1-2H3. The molecule has 0 N–H and O–H groups in total. The average molecular weight is 317 g/mol. The summed E-state index contributed by atoms with van der Waals surface area (Å²) in [6.07, 6.45) is -3.29. The molecule has 0 radical (unpaired) electrons. The number of hydrogen-bond acceptors (Lipinski definition) is 2. The first-order valence-electron chi connectivity index (χ1n) is 3.68. The van der Waals surface area contributed by atoms with Gasteiger partial charge >= 0.3 is 6.36 Å². The van der Waals surface area contributed by atoms with Crippen LogP contribution in [0.25, 0.3) is 0 Å². The quantitative estimate of drug-likeness (QED) is 0.742. The molecule has 2 nitrogen and oxygen atoms in total. The Balaban J connectivity index is 3.13. The lowest BCUT2D eigenvalue weighted by Crippen LogP contribution is -2.19. The summed E-state index contributed by atoms with van der Waals surface area (Å²) in [6.45, 7) is 3.15. The predicted molar refractivity (Wildman–Crippen MR) is 53.1 cm³/mol. The van der Waals surface area contributed by atoms with Crippen LogP contribution in [0.15, 0.2) is 6.20 Å². The van der Waals surface area contributed by atoms with Crippen molar-refractivity contribution in [2.75, 3.05) is 0 Å². The number of alkyl halides is 3. The van der Waals surface area contributed by atoms with E-state index in [1.54, 1.807) is 29.5 Å². The molecule has 0 aliphatic carbocycles. The highest BCUT2D eigenvalue weighted by Gasteiger charge is 2.33. The van der Waals surface area contributed by atoms with Crippen LogP contribution in [0, 0.1) is 17.4 Å². The molecule has 6 heteroatoms. The fraction of sp³-hybridized carbons (Fsp3) is 0.375. The summed E-state index contributed by atoms with van der Waals surface area (Å²) >= 11 is 1.78. The van der Waals surface area contributed by atoms with Crippen molar-refractivity contribution in [3.05, 3.63) is 21.0 Å². The second kappa shape index (κ2) is 3.92. The Morgan fingerprint density at radius 1 is 1.36 bits per heavy atom. The molecule has 1 aromatic heterocycles. The van der Waals surface area contributed by atoms with Crippen LogP contribution in [0.4, 0.5) is 13.2 Å². The molecular formula is C8H7F3INO. The summed E-state index contributed by atoms with van der Waals surface area (Å²) in [6, 6.07) is 0. The fourth-order valence-electron chi connectivity index (χ4n) is 0.887. The predicted octanol–water partition coefficient (Wildman–Crippen LogP) is 3.20. The molecule has 0 aliphatic heterocycles. The Morgan fingerprint density at radius 3 is 2.43 bits per heavy atom. The zero-order chi connectivity index (χ0) is 10.9. The third-order valence-corrected chi connectivity index (χ3v) is 2.82. The van der Waals surface area contributed by atoms with Crippen molar-refractivity contribution in [1.82, 2.24) is 4.98 Å². The van der Waals surface area contributed by atoms with Gasteiger partial charge < -0.3 is 4.74 Å². The van der Waals surface area contributed by atoms with Crippen LogP contribution in [0.5, 0.6) is 5.75 Å². The molecule has 0 amide bonds. The first-order valence-corrected chi connectivity index (χ1v) is 4.76. The first-order chi connectivity index (χ1) is 6.31. The normalized spacial score (nSPS) is 11.6. The van der Waals surface area contributed by atoms with Gasteiger partial charge in [0.2, 0.25) is 0 Å². The Bertz CT molecular complexity index is 351. The van der Waals surface area contributed by atoms with E-state index < -0.39 is 6.36 Å². The van der Waals surface area contributed by atoms with E-state index in [2.05, 4.69) is 9.72 Å². The molecule has 0 atom stereocenters. The lowest BCUT2D eigenvalue weighted by Gasteiger charge is -2.13. The molecule has 78 valence electrons. The third kappa shape index (κ3) is 2.73. The highest BCUT2D eigenvalue weighted by molar-refractivity contribution is 14.1. The zero-order valence-electron chi connectivity index (χ0n) is 7.44. The molecule has 1 aromatic rings. The molecule has 0 aromatic carbocycles. The maximum Gasteiger partial charge on any atom is 0.573 e. The molecular weight excluding hydrogens is 310 g/mol. The molecule has 0 fully saturated rings. The summed E-state index contributed by atoms with van der Waals surface area (Å²) < 4.78 is 40.2. The van der Waals surface area contributed by atoms with Gasteiger partial charge in [0.05, 0.1) is 9.26 Å². The van der Waals surface area contributed by atoms with Crippen LogP contribution in [0.3, 0.4) is 0 Å². The number of pyridine rings is 1. The van der Waals surface area contributed by atoms with Gasteiger partial charge in [-0.3, -0.25) is 4.98 Å². The molecule has 1 heterocycles. The molecule has 1 rings (SSSR count). The Hall–Kier alpha value is -0.530. The second-order valence-corrected chi connectivity index (χ2v) is 3.80. The molecule has 14 heavy (non-hydrogen) atoms. The van der Waals surface area contributed by atoms with Crippen molar-refractivity contribution in [3.63, 3.8) is 0 Å². The molecule has 0 spiro atoms. The molecule has 0 bridgehead atoms. The molecule has 0 saturated carbocycles. The van der Waals surface area contributed by atoms with Crippen molar-refractivity contribution in [1.29, 1.82) is 0 Å². The van der Waals surface area contributed by atoms with Gasteiger partial charge in [-0.1, -0.05) is 0 Å². The van der Waals surface area contributed by atoms with E-state index in [9.17, 15) is 13.2 Å². The van der Waals surface area contributed by atoms with Crippen molar-refractivity contribution in [2.45, 2.75) is 20.2 Å². The Kier molecular flexibility index (Phi) is 3.23. The van der Waals surface area contributed by atoms with E-state index in [4.69, 9.17) is 0 Å². The number of aromatic nitrogens is 1. The van der Waals surface area contributed by atoms with Crippen molar-refractivity contribution < 1.29 is 17.9 Å². The summed E-state index contributed by atoms with van der Waals surface area (Å²) in [7, 11) is 0. The van der Waals surface area contributed by atoms with E-state index in [-0.39, 0.29) is 5.75 Å². The number of rotatable bonds is 1. The number of hydrogen-bond donors (Lipinski definition) is 0. The summed E-state index contributed by atoms with van der Waals surface area (Å²) in [4.78, 5) is 3.91. The van der Waals surface area contributed by atoms with Crippen LogP contribution in [0.2, 0.25) is 0 Å². The highest BCUT2D eigenvalue weighted by Crippen LogP contribution is 2.31. The van der Waals surface area contributed by atoms with Crippen molar-refractivity contribution >= 4 is 22.6 Å². The van der Waals surface area contributed by atoms with E-state index >= 15 is 0 Å². The van der Waals surface area contributed by atoms with Crippen LogP contribution in [0.1, 0.15) is 11.3 Å².